The highest BCUT2D eigenvalue weighted by Gasteiger charge is 2.19. The van der Waals surface area contributed by atoms with Gasteiger partial charge in [-0.05, 0) is 31.4 Å². The lowest BCUT2D eigenvalue weighted by Gasteiger charge is -2.22. The van der Waals surface area contributed by atoms with Crippen molar-refractivity contribution in [2.75, 3.05) is 13.2 Å². The lowest BCUT2D eigenvalue weighted by molar-refractivity contribution is 0.156. The Morgan fingerprint density at radius 1 is 1.16 bits per heavy atom. The van der Waals surface area contributed by atoms with Crippen molar-refractivity contribution in [1.82, 2.24) is 4.73 Å². The summed E-state index contributed by atoms with van der Waals surface area (Å²) in [5.41, 5.74) is 1.42. The van der Waals surface area contributed by atoms with E-state index in [1.807, 2.05) is 13.0 Å². The Hall–Kier alpha value is -1.33. The molecule has 0 atom stereocenters. The van der Waals surface area contributed by atoms with Gasteiger partial charge in [0.05, 0.1) is 18.9 Å². The Balaban J connectivity index is 0.000000399. The van der Waals surface area contributed by atoms with E-state index >= 15 is 0 Å². The molecule has 1 aliphatic carbocycles. The molecule has 108 valence electrons. The standard InChI is InChI=1S/C12H17NO2.C2H6O2/c1-9-7-11(13(15)12(14)8-9)10-5-3-2-4-6-10;3-1-2-4/h7-8,10,15H,2-6H2,1H3;3-4H,1-2H2. The molecule has 0 aliphatic heterocycles. The minimum Gasteiger partial charge on any atom is -0.425 e. The van der Waals surface area contributed by atoms with Crippen molar-refractivity contribution in [3.05, 3.63) is 33.7 Å². The summed E-state index contributed by atoms with van der Waals surface area (Å²) in [5, 5.41) is 24.9. The first-order valence-electron chi connectivity index (χ1n) is 6.74. The van der Waals surface area contributed by atoms with Crippen molar-refractivity contribution in [1.29, 1.82) is 0 Å². The maximum Gasteiger partial charge on any atom is 0.283 e. The number of aliphatic hydroxyl groups excluding tert-OH is 2. The molecule has 0 unspecified atom stereocenters. The van der Waals surface area contributed by atoms with Gasteiger partial charge in [0.2, 0.25) is 0 Å². The fourth-order valence-corrected chi connectivity index (χ4v) is 2.41. The van der Waals surface area contributed by atoms with Crippen molar-refractivity contribution >= 4 is 0 Å². The van der Waals surface area contributed by atoms with Crippen molar-refractivity contribution < 1.29 is 15.4 Å². The summed E-state index contributed by atoms with van der Waals surface area (Å²) >= 11 is 0. The smallest absolute Gasteiger partial charge is 0.283 e. The SMILES string of the molecule is Cc1cc(C2CCCCC2)n(O)c(=O)c1.OCCO. The first kappa shape index (κ1) is 15.7. The molecule has 2 rings (SSSR count). The van der Waals surface area contributed by atoms with Gasteiger partial charge in [-0.3, -0.25) is 4.79 Å². The second-order valence-electron chi connectivity index (χ2n) is 4.89. The van der Waals surface area contributed by atoms with E-state index in [0.29, 0.717) is 5.92 Å². The fraction of sp³-hybridized carbons (Fsp3) is 0.643. The van der Waals surface area contributed by atoms with E-state index in [9.17, 15) is 10.0 Å². The van der Waals surface area contributed by atoms with E-state index in [1.54, 1.807) is 0 Å². The molecule has 3 N–H and O–H groups in total. The van der Waals surface area contributed by atoms with Gasteiger partial charge in [0, 0.05) is 12.0 Å². The molecular formula is C14H23NO4. The van der Waals surface area contributed by atoms with Crippen LogP contribution in [0, 0.1) is 6.92 Å². The van der Waals surface area contributed by atoms with Crippen LogP contribution in [0.3, 0.4) is 0 Å². The second-order valence-corrected chi connectivity index (χ2v) is 4.89. The summed E-state index contributed by atoms with van der Waals surface area (Å²) in [5.74, 6) is 0.358. The van der Waals surface area contributed by atoms with Crippen molar-refractivity contribution in [3.63, 3.8) is 0 Å². The zero-order valence-corrected chi connectivity index (χ0v) is 11.4. The third-order valence-electron chi connectivity index (χ3n) is 3.30. The molecule has 0 radical (unpaired) electrons. The van der Waals surface area contributed by atoms with Gasteiger partial charge in [0.1, 0.15) is 0 Å². The van der Waals surface area contributed by atoms with E-state index in [2.05, 4.69) is 0 Å². The maximum absolute atomic E-state index is 11.4. The van der Waals surface area contributed by atoms with E-state index in [4.69, 9.17) is 10.2 Å². The second kappa shape index (κ2) is 7.96. The number of pyridine rings is 1. The quantitative estimate of drug-likeness (QED) is 0.709. The van der Waals surface area contributed by atoms with Crippen molar-refractivity contribution in [2.24, 2.45) is 0 Å². The molecule has 1 heterocycles. The zero-order valence-electron chi connectivity index (χ0n) is 11.4. The highest BCUT2D eigenvalue weighted by molar-refractivity contribution is 5.19. The predicted molar refractivity (Wildman–Crippen MR) is 72.6 cm³/mol. The molecule has 1 aromatic heterocycles. The van der Waals surface area contributed by atoms with Crippen LogP contribution in [0.1, 0.15) is 49.3 Å². The van der Waals surface area contributed by atoms with Gasteiger partial charge in [0.15, 0.2) is 0 Å². The minimum atomic E-state index is -0.310. The molecule has 1 aliphatic rings. The molecular weight excluding hydrogens is 246 g/mol. The summed E-state index contributed by atoms with van der Waals surface area (Å²) in [7, 11) is 0. The van der Waals surface area contributed by atoms with Crippen molar-refractivity contribution in [2.45, 2.75) is 44.9 Å². The number of hydrogen-bond acceptors (Lipinski definition) is 4. The molecule has 0 bridgehead atoms. The van der Waals surface area contributed by atoms with Crippen LogP contribution >= 0.6 is 0 Å². The van der Waals surface area contributed by atoms with E-state index in [-0.39, 0.29) is 18.8 Å². The monoisotopic (exact) mass is 269 g/mol. The number of rotatable bonds is 2. The Morgan fingerprint density at radius 2 is 1.74 bits per heavy atom. The first-order chi connectivity index (χ1) is 9.10. The minimum absolute atomic E-state index is 0.125. The normalized spacial score (nSPS) is 15.7. The van der Waals surface area contributed by atoms with Crippen LogP contribution < -0.4 is 5.56 Å². The van der Waals surface area contributed by atoms with Gasteiger partial charge in [-0.1, -0.05) is 19.3 Å². The Labute approximate surface area is 113 Å². The molecule has 1 fully saturated rings. The largest absolute Gasteiger partial charge is 0.425 e. The lowest BCUT2D eigenvalue weighted by Crippen LogP contribution is -2.23. The zero-order chi connectivity index (χ0) is 14.3. The molecule has 0 saturated heterocycles. The van der Waals surface area contributed by atoms with Gasteiger partial charge >= 0.3 is 0 Å². The summed E-state index contributed by atoms with van der Waals surface area (Å²) in [6, 6.07) is 3.39. The van der Waals surface area contributed by atoms with Crippen molar-refractivity contribution in [3.8, 4) is 0 Å². The van der Waals surface area contributed by atoms with Crippen LogP contribution in [-0.4, -0.2) is 33.4 Å². The molecule has 1 saturated carbocycles. The molecule has 0 amide bonds. The Bertz CT molecular complexity index is 434. The molecule has 0 spiro atoms. The summed E-state index contributed by atoms with van der Waals surface area (Å²) in [4.78, 5) is 11.4. The number of aliphatic hydroxyl groups is 2. The third kappa shape index (κ3) is 4.69. The van der Waals surface area contributed by atoms with Crippen LogP contribution in [0.25, 0.3) is 0 Å². The van der Waals surface area contributed by atoms with Gasteiger partial charge in [-0.25, -0.2) is 0 Å². The number of aryl methyl sites for hydroxylation is 1. The van der Waals surface area contributed by atoms with Gasteiger partial charge in [0.25, 0.3) is 5.56 Å². The summed E-state index contributed by atoms with van der Waals surface area (Å²) in [6.07, 6.45) is 5.85. The van der Waals surface area contributed by atoms with E-state index in [1.165, 1.54) is 25.3 Å². The molecule has 0 aromatic carbocycles. The molecule has 5 nitrogen and oxygen atoms in total. The molecule has 1 aromatic rings. The van der Waals surface area contributed by atoms with Crippen LogP contribution in [0.4, 0.5) is 0 Å². The van der Waals surface area contributed by atoms with Crippen LogP contribution in [0.15, 0.2) is 16.9 Å². The summed E-state index contributed by atoms with van der Waals surface area (Å²) < 4.78 is 0.822. The number of aromatic nitrogens is 1. The van der Waals surface area contributed by atoms with Crippen LogP contribution in [-0.2, 0) is 0 Å². The highest BCUT2D eigenvalue weighted by atomic mass is 16.5. The lowest BCUT2D eigenvalue weighted by atomic mass is 9.86. The van der Waals surface area contributed by atoms with Gasteiger partial charge in [-0.15, -0.1) is 0 Å². The average Bonchev–Trinajstić information content (AvgIpc) is 2.44. The number of nitrogens with zero attached hydrogens (tertiary/aromatic N) is 1. The van der Waals surface area contributed by atoms with Gasteiger partial charge < -0.3 is 15.4 Å². The van der Waals surface area contributed by atoms with E-state index < -0.39 is 0 Å². The average molecular weight is 269 g/mol. The number of hydrogen-bond donors (Lipinski definition) is 3. The first-order valence-corrected chi connectivity index (χ1v) is 6.74. The predicted octanol–water partition coefficient (Wildman–Crippen LogP) is 1.41. The summed E-state index contributed by atoms with van der Waals surface area (Å²) in [6.45, 7) is 1.65. The Kier molecular flexibility index (Phi) is 6.59. The molecule has 19 heavy (non-hydrogen) atoms. The maximum atomic E-state index is 11.4. The van der Waals surface area contributed by atoms with Gasteiger partial charge in [-0.2, -0.15) is 4.73 Å². The highest BCUT2D eigenvalue weighted by Crippen LogP contribution is 2.31. The Morgan fingerprint density at radius 3 is 2.26 bits per heavy atom. The van der Waals surface area contributed by atoms with Crippen LogP contribution in [0.5, 0.6) is 0 Å². The third-order valence-corrected chi connectivity index (χ3v) is 3.30. The topological polar surface area (TPSA) is 82.7 Å². The molecule has 5 heteroatoms. The fourth-order valence-electron chi connectivity index (χ4n) is 2.41. The van der Waals surface area contributed by atoms with E-state index in [0.717, 1.165) is 28.8 Å². The van der Waals surface area contributed by atoms with Crippen LogP contribution in [0.2, 0.25) is 0 Å².